The summed E-state index contributed by atoms with van der Waals surface area (Å²) in [4.78, 5) is 17.0. The first-order chi connectivity index (χ1) is 16.6. The van der Waals surface area contributed by atoms with Gasteiger partial charge in [-0.1, -0.05) is 0 Å². The van der Waals surface area contributed by atoms with Gasteiger partial charge in [-0.3, -0.25) is 14.0 Å². The fraction of sp³-hybridized carbons (Fsp3) is 0.160. The van der Waals surface area contributed by atoms with Crippen LogP contribution < -0.4 is 11.1 Å². The second-order valence-electron chi connectivity index (χ2n) is 8.36. The summed E-state index contributed by atoms with van der Waals surface area (Å²) in [5.41, 5.74) is 8.15. The zero-order valence-corrected chi connectivity index (χ0v) is 18.8. The number of benzene rings is 2. The molecule has 0 saturated carbocycles. The molecule has 0 radical (unpaired) electrons. The Hall–Kier alpha value is -4.34. The average Bonchev–Trinajstić information content (AvgIpc) is 3.32. The summed E-state index contributed by atoms with van der Waals surface area (Å²) >= 11 is 0. The van der Waals surface area contributed by atoms with E-state index in [9.17, 15) is 18.0 Å². The number of alkyl halides is 3. The van der Waals surface area contributed by atoms with Gasteiger partial charge >= 0.3 is 6.18 Å². The number of nitrogens with zero attached hydrogens (tertiary/aromatic N) is 4. The number of carbonyl (C=O) groups excluding carboxylic acids is 1. The molecule has 178 valence electrons. The smallest absolute Gasteiger partial charge is 0.384 e. The number of fused-ring (bicyclic) bond motifs is 3. The number of carbonyl (C=O) groups is 1. The van der Waals surface area contributed by atoms with E-state index in [0.29, 0.717) is 22.7 Å². The minimum absolute atomic E-state index is 0.269. The molecule has 0 saturated heterocycles. The van der Waals surface area contributed by atoms with Gasteiger partial charge in [-0.2, -0.15) is 18.3 Å². The molecule has 0 aliphatic rings. The number of hydrogen-bond acceptors (Lipinski definition) is 4. The molecule has 0 unspecified atom stereocenters. The number of pyridine rings is 1. The van der Waals surface area contributed by atoms with Gasteiger partial charge in [-0.15, -0.1) is 0 Å². The van der Waals surface area contributed by atoms with Gasteiger partial charge in [0.15, 0.2) is 5.65 Å². The minimum Gasteiger partial charge on any atom is -0.384 e. The number of nitrogen functional groups attached to an aromatic ring is 1. The van der Waals surface area contributed by atoms with Gasteiger partial charge in [0.25, 0.3) is 5.91 Å². The molecule has 3 aromatic heterocycles. The maximum Gasteiger partial charge on any atom is 0.416 e. The van der Waals surface area contributed by atoms with Crippen LogP contribution in [0, 0.1) is 0 Å². The second-order valence-corrected chi connectivity index (χ2v) is 8.36. The first-order valence-corrected chi connectivity index (χ1v) is 10.8. The van der Waals surface area contributed by atoms with Crippen molar-refractivity contribution in [3.8, 4) is 5.69 Å². The van der Waals surface area contributed by atoms with E-state index in [1.807, 2.05) is 13.1 Å². The van der Waals surface area contributed by atoms with Crippen molar-refractivity contribution in [2.45, 2.75) is 19.1 Å². The molecular formula is C25H21F3N6O. The Kier molecular flexibility index (Phi) is 5.23. The number of rotatable bonds is 4. The number of nitrogens with one attached hydrogen (secondary N) is 1. The van der Waals surface area contributed by atoms with Crippen LogP contribution in [0.3, 0.4) is 0 Å². The number of halogens is 3. The lowest BCUT2D eigenvalue weighted by molar-refractivity contribution is -0.137. The average molecular weight is 478 g/mol. The number of anilines is 1. The predicted molar refractivity (Wildman–Crippen MR) is 127 cm³/mol. The Morgan fingerprint density at radius 3 is 2.49 bits per heavy atom. The van der Waals surface area contributed by atoms with Crippen molar-refractivity contribution >= 4 is 33.7 Å². The molecule has 0 spiro atoms. The summed E-state index contributed by atoms with van der Waals surface area (Å²) in [6.45, 7) is 1.85. The maximum atomic E-state index is 13.0. The summed E-state index contributed by atoms with van der Waals surface area (Å²) < 4.78 is 42.5. The molecule has 0 aliphatic carbocycles. The Morgan fingerprint density at radius 1 is 1.06 bits per heavy atom. The van der Waals surface area contributed by atoms with Crippen molar-refractivity contribution in [1.82, 2.24) is 24.6 Å². The van der Waals surface area contributed by atoms with Gasteiger partial charge in [0.1, 0.15) is 5.82 Å². The molecular weight excluding hydrogens is 457 g/mol. The third-order valence-electron chi connectivity index (χ3n) is 5.92. The molecule has 3 N–H and O–H groups in total. The molecule has 5 aromatic rings. The van der Waals surface area contributed by atoms with Gasteiger partial charge in [-0.25, -0.2) is 4.98 Å². The van der Waals surface area contributed by atoms with Crippen LogP contribution in [0.15, 0.2) is 67.0 Å². The van der Waals surface area contributed by atoms with Crippen LogP contribution in [-0.2, 0) is 13.2 Å². The first kappa shape index (κ1) is 22.5. The quantitative estimate of drug-likeness (QED) is 0.380. The summed E-state index contributed by atoms with van der Waals surface area (Å²) in [7, 11) is 1.77. The van der Waals surface area contributed by atoms with Gasteiger partial charge in [0, 0.05) is 41.5 Å². The Bertz CT molecular complexity index is 1570. The number of aromatic nitrogens is 4. The Balaban J connectivity index is 1.54. The zero-order chi connectivity index (χ0) is 24.9. The molecule has 0 fully saturated rings. The summed E-state index contributed by atoms with van der Waals surface area (Å²) in [5.74, 6) is 0.0997. The maximum absolute atomic E-state index is 13.0. The van der Waals surface area contributed by atoms with Gasteiger partial charge in [-0.05, 0) is 67.1 Å². The fourth-order valence-electron chi connectivity index (χ4n) is 4.19. The van der Waals surface area contributed by atoms with E-state index >= 15 is 0 Å². The minimum atomic E-state index is -4.42. The molecule has 0 bridgehead atoms. The number of nitrogens with two attached hydrogens (primary N) is 1. The lowest BCUT2D eigenvalue weighted by Gasteiger charge is -2.15. The predicted octanol–water partition coefficient (Wildman–Crippen LogP) is 5.00. The van der Waals surface area contributed by atoms with E-state index in [-0.39, 0.29) is 11.9 Å². The van der Waals surface area contributed by atoms with Crippen LogP contribution in [0.4, 0.5) is 19.0 Å². The van der Waals surface area contributed by atoms with E-state index in [4.69, 9.17) is 5.73 Å². The normalized spacial score (nSPS) is 12.8. The highest BCUT2D eigenvalue weighted by atomic mass is 19.4. The van der Waals surface area contributed by atoms with Crippen molar-refractivity contribution in [3.63, 3.8) is 0 Å². The Morgan fingerprint density at radius 2 is 1.80 bits per heavy atom. The standard InChI is InChI=1S/C25H21F3N6O/c1-14(15-9-10-30-22(29)12-15)31-24(35)16-3-8-21-19(11-16)20-13-33(2)32-23(20)34(21)18-6-4-17(5-7-18)25(26,27)28/h3-14H,1-2H3,(H2,29,30)(H,31,35)/t14-/m0/s1. The van der Waals surface area contributed by atoms with Gasteiger partial charge < -0.3 is 11.1 Å². The molecule has 7 nitrogen and oxygen atoms in total. The van der Waals surface area contributed by atoms with E-state index in [1.165, 1.54) is 12.1 Å². The van der Waals surface area contributed by atoms with Crippen LogP contribution >= 0.6 is 0 Å². The lowest BCUT2D eigenvalue weighted by Crippen LogP contribution is -2.26. The van der Waals surface area contributed by atoms with Crippen LogP contribution in [0.25, 0.3) is 27.6 Å². The van der Waals surface area contributed by atoms with Gasteiger partial charge in [0.05, 0.1) is 17.1 Å². The van der Waals surface area contributed by atoms with Crippen molar-refractivity contribution < 1.29 is 18.0 Å². The van der Waals surface area contributed by atoms with Crippen LogP contribution in [-0.4, -0.2) is 25.2 Å². The summed E-state index contributed by atoms with van der Waals surface area (Å²) in [5, 5.41) is 9.02. The molecule has 0 aliphatic heterocycles. The number of amides is 1. The van der Waals surface area contributed by atoms with Crippen LogP contribution in [0.2, 0.25) is 0 Å². The van der Waals surface area contributed by atoms with E-state index in [0.717, 1.165) is 34.0 Å². The van der Waals surface area contributed by atoms with E-state index in [1.54, 1.807) is 52.8 Å². The molecule has 3 heterocycles. The number of hydrogen-bond donors (Lipinski definition) is 2. The molecule has 2 aromatic carbocycles. The third-order valence-corrected chi connectivity index (χ3v) is 5.92. The monoisotopic (exact) mass is 478 g/mol. The van der Waals surface area contributed by atoms with Crippen molar-refractivity contribution in [3.05, 3.63) is 83.7 Å². The van der Waals surface area contributed by atoms with E-state index in [2.05, 4.69) is 15.4 Å². The van der Waals surface area contributed by atoms with Crippen molar-refractivity contribution in [2.75, 3.05) is 5.73 Å². The largest absolute Gasteiger partial charge is 0.416 e. The molecule has 10 heteroatoms. The highest BCUT2D eigenvalue weighted by Crippen LogP contribution is 2.34. The van der Waals surface area contributed by atoms with E-state index < -0.39 is 11.7 Å². The lowest BCUT2D eigenvalue weighted by atomic mass is 10.1. The molecule has 1 atom stereocenters. The number of aryl methyl sites for hydroxylation is 1. The summed E-state index contributed by atoms with van der Waals surface area (Å²) in [6.07, 6.45) is -1.01. The van der Waals surface area contributed by atoms with Crippen LogP contribution in [0.5, 0.6) is 0 Å². The SMILES string of the molecule is C[C@H](NC(=O)c1ccc2c(c1)c1cn(C)nc1n2-c1ccc(C(F)(F)F)cc1)c1ccnc(N)c1. The topological polar surface area (TPSA) is 90.8 Å². The third kappa shape index (κ3) is 4.07. The van der Waals surface area contributed by atoms with Crippen LogP contribution in [0.1, 0.15) is 34.5 Å². The Labute approximate surface area is 198 Å². The molecule has 35 heavy (non-hydrogen) atoms. The zero-order valence-electron chi connectivity index (χ0n) is 18.8. The fourth-order valence-corrected chi connectivity index (χ4v) is 4.19. The van der Waals surface area contributed by atoms with Crippen molar-refractivity contribution in [1.29, 1.82) is 0 Å². The highest BCUT2D eigenvalue weighted by molar-refractivity contribution is 6.10. The van der Waals surface area contributed by atoms with Crippen molar-refractivity contribution in [2.24, 2.45) is 7.05 Å². The second kappa shape index (κ2) is 8.15. The summed E-state index contributed by atoms with van der Waals surface area (Å²) in [6, 6.07) is 13.4. The van der Waals surface area contributed by atoms with Gasteiger partial charge in [0.2, 0.25) is 0 Å². The molecule has 1 amide bonds. The first-order valence-electron chi connectivity index (χ1n) is 10.8. The highest BCUT2D eigenvalue weighted by Gasteiger charge is 2.30. The molecule has 5 rings (SSSR count).